The summed E-state index contributed by atoms with van der Waals surface area (Å²) in [4.78, 5) is 1.36. The summed E-state index contributed by atoms with van der Waals surface area (Å²) in [6, 6.07) is 13.6. The zero-order valence-electron chi connectivity index (χ0n) is 14.1. The van der Waals surface area contributed by atoms with Crippen molar-refractivity contribution in [2.45, 2.75) is 13.0 Å². The van der Waals surface area contributed by atoms with E-state index in [4.69, 9.17) is 4.74 Å². The minimum absolute atomic E-state index is 0.0566. The van der Waals surface area contributed by atoms with Gasteiger partial charge in [-0.3, -0.25) is 5.43 Å². The quantitative estimate of drug-likeness (QED) is 0.645. The number of morpholine rings is 1. The zero-order chi connectivity index (χ0) is 17.6. The summed E-state index contributed by atoms with van der Waals surface area (Å²) in [7, 11) is 0. The third-order valence-corrected chi connectivity index (χ3v) is 4.38. The molecule has 0 bridgehead atoms. The van der Waals surface area contributed by atoms with E-state index in [1.54, 1.807) is 0 Å². The molecule has 1 fully saturated rings. The van der Waals surface area contributed by atoms with Crippen molar-refractivity contribution in [2.24, 2.45) is 5.10 Å². The van der Waals surface area contributed by atoms with Gasteiger partial charge in [-0.2, -0.15) is 5.10 Å². The van der Waals surface area contributed by atoms with Gasteiger partial charge in [-0.05, 0) is 19.1 Å². The predicted molar refractivity (Wildman–Crippen MR) is 93.8 cm³/mol. The van der Waals surface area contributed by atoms with Crippen molar-refractivity contribution in [3.05, 3.63) is 65.7 Å². The van der Waals surface area contributed by atoms with Crippen molar-refractivity contribution in [3.63, 3.8) is 0 Å². The maximum absolute atomic E-state index is 13.8. The molecule has 1 saturated heterocycles. The molecular formula is C19H22F2N3O+. The van der Waals surface area contributed by atoms with Crippen LogP contribution in [0.1, 0.15) is 18.5 Å². The Morgan fingerprint density at radius 1 is 1.12 bits per heavy atom. The van der Waals surface area contributed by atoms with Gasteiger partial charge in [-0.25, -0.2) is 8.78 Å². The molecule has 0 saturated carbocycles. The zero-order valence-corrected chi connectivity index (χ0v) is 14.1. The Morgan fingerprint density at radius 2 is 1.84 bits per heavy atom. The summed E-state index contributed by atoms with van der Waals surface area (Å²) < 4.78 is 32.3. The van der Waals surface area contributed by atoms with Crippen LogP contribution in [0.25, 0.3) is 0 Å². The predicted octanol–water partition coefficient (Wildman–Crippen LogP) is 2.41. The normalized spacial score (nSPS) is 17.3. The Morgan fingerprint density at radius 3 is 2.52 bits per heavy atom. The van der Waals surface area contributed by atoms with E-state index in [0.29, 0.717) is 13.2 Å². The Kier molecular flexibility index (Phi) is 5.73. The van der Waals surface area contributed by atoms with E-state index in [2.05, 4.69) is 22.7 Å². The van der Waals surface area contributed by atoms with E-state index in [0.717, 1.165) is 30.4 Å². The first-order valence-corrected chi connectivity index (χ1v) is 8.37. The third kappa shape index (κ3) is 4.41. The lowest BCUT2D eigenvalue weighted by molar-refractivity contribution is -0.928. The number of quaternary nitrogens is 1. The lowest BCUT2D eigenvalue weighted by Gasteiger charge is -2.31. The molecule has 2 N–H and O–H groups in total. The fraction of sp³-hybridized carbons (Fsp3) is 0.316. The topological polar surface area (TPSA) is 38.1 Å². The highest BCUT2D eigenvalue weighted by atomic mass is 19.1. The van der Waals surface area contributed by atoms with Gasteiger partial charge in [0.25, 0.3) is 0 Å². The van der Waals surface area contributed by atoms with Crippen molar-refractivity contribution in [1.82, 2.24) is 0 Å². The highest BCUT2D eigenvalue weighted by Crippen LogP contribution is 2.16. The second kappa shape index (κ2) is 8.18. The van der Waals surface area contributed by atoms with Crippen molar-refractivity contribution in [3.8, 4) is 0 Å². The molecule has 1 aliphatic heterocycles. The minimum atomic E-state index is -0.661. The van der Waals surface area contributed by atoms with Crippen molar-refractivity contribution < 1.29 is 18.4 Å². The second-order valence-electron chi connectivity index (χ2n) is 6.10. The van der Waals surface area contributed by atoms with Gasteiger partial charge in [0.05, 0.1) is 24.6 Å². The highest BCUT2D eigenvalue weighted by Gasteiger charge is 2.29. The number of anilines is 1. The summed E-state index contributed by atoms with van der Waals surface area (Å²) in [5, 5.41) is 4.38. The van der Waals surface area contributed by atoms with Crippen LogP contribution in [0.4, 0.5) is 14.5 Å². The maximum Gasteiger partial charge on any atom is 0.154 e. The first-order chi connectivity index (χ1) is 12.1. The molecular weight excluding hydrogens is 324 g/mol. The Balaban J connectivity index is 1.84. The monoisotopic (exact) mass is 346 g/mol. The average molecular weight is 346 g/mol. The fourth-order valence-corrected chi connectivity index (χ4v) is 3.13. The van der Waals surface area contributed by atoms with E-state index in [1.165, 1.54) is 17.0 Å². The standard InChI is InChI=1S/C19H21F2N3O/c1-14(22-23-18-8-7-16(20)13-17(18)21)19(15-5-3-2-4-6-15)24-9-11-25-12-10-24/h2-8,13,19,23H,9-12H2,1H3/p+1/b22-14-/t19-/m1/s1. The van der Waals surface area contributed by atoms with Crippen LogP contribution in [0.2, 0.25) is 0 Å². The second-order valence-corrected chi connectivity index (χ2v) is 6.10. The number of rotatable bonds is 5. The van der Waals surface area contributed by atoms with E-state index >= 15 is 0 Å². The molecule has 0 unspecified atom stereocenters. The molecule has 0 radical (unpaired) electrons. The SMILES string of the molecule is C/C(=N/Nc1ccc(F)cc1F)[C@H](c1ccccc1)[NH+]1CCOCC1. The number of nitrogens with zero attached hydrogens (tertiary/aromatic N) is 1. The van der Waals surface area contributed by atoms with Crippen LogP contribution in [0, 0.1) is 11.6 Å². The first-order valence-electron chi connectivity index (χ1n) is 8.37. The lowest BCUT2D eigenvalue weighted by atomic mass is 10.0. The van der Waals surface area contributed by atoms with Crippen LogP contribution in [-0.2, 0) is 4.74 Å². The first kappa shape index (κ1) is 17.5. The van der Waals surface area contributed by atoms with E-state index in [1.807, 2.05) is 25.1 Å². The molecule has 0 aliphatic carbocycles. The minimum Gasteiger partial charge on any atom is -0.370 e. The maximum atomic E-state index is 13.8. The van der Waals surface area contributed by atoms with Gasteiger partial charge < -0.3 is 9.64 Å². The fourth-order valence-electron chi connectivity index (χ4n) is 3.13. The van der Waals surface area contributed by atoms with Crippen LogP contribution in [0.15, 0.2) is 53.6 Å². The van der Waals surface area contributed by atoms with Gasteiger partial charge in [0.2, 0.25) is 0 Å². The van der Waals surface area contributed by atoms with Gasteiger partial charge in [-0.15, -0.1) is 0 Å². The van der Waals surface area contributed by atoms with Crippen molar-refractivity contribution >= 4 is 11.4 Å². The van der Waals surface area contributed by atoms with Crippen LogP contribution < -0.4 is 10.3 Å². The third-order valence-electron chi connectivity index (χ3n) is 4.38. The summed E-state index contributed by atoms with van der Waals surface area (Å²) in [6.45, 7) is 5.13. The van der Waals surface area contributed by atoms with Gasteiger partial charge in [0, 0.05) is 11.6 Å². The smallest absolute Gasteiger partial charge is 0.154 e. The van der Waals surface area contributed by atoms with Crippen molar-refractivity contribution in [2.75, 3.05) is 31.7 Å². The molecule has 3 rings (SSSR count). The molecule has 1 atom stereocenters. The number of hydrazone groups is 1. The van der Waals surface area contributed by atoms with E-state index in [-0.39, 0.29) is 11.7 Å². The molecule has 4 nitrogen and oxygen atoms in total. The lowest BCUT2D eigenvalue weighted by Crippen LogP contribution is -3.15. The largest absolute Gasteiger partial charge is 0.370 e. The molecule has 1 heterocycles. The van der Waals surface area contributed by atoms with Gasteiger partial charge in [-0.1, -0.05) is 30.3 Å². The van der Waals surface area contributed by atoms with E-state index < -0.39 is 11.6 Å². The Hall–Kier alpha value is -2.31. The van der Waals surface area contributed by atoms with Crippen molar-refractivity contribution in [1.29, 1.82) is 0 Å². The van der Waals surface area contributed by atoms with Crippen LogP contribution in [-0.4, -0.2) is 32.0 Å². The molecule has 0 aromatic heterocycles. The molecule has 0 amide bonds. The summed E-state index contributed by atoms with van der Waals surface area (Å²) >= 11 is 0. The van der Waals surface area contributed by atoms with E-state index in [9.17, 15) is 8.78 Å². The summed E-state index contributed by atoms with van der Waals surface area (Å²) in [5.74, 6) is -1.27. The number of hydrogen-bond donors (Lipinski definition) is 2. The van der Waals surface area contributed by atoms with Gasteiger partial charge in [0.15, 0.2) is 11.9 Å². The Bertz CT molecular complexity index is 731. The number of nitrogens with one attached hydrogen (secondary N) is 2. The average Bonchev–Trinajstić information content (AvgIpc) is 2.63. The van der Waals surface area contributed by atoms with Gasteiger partial charge >= 0.3 is 0 Å². The number of benzene rings is 2. The molecule has 132 valence electrons. The van der Waals surface area contributed by atoms with Crippen LogP contribution >= 0.6 is 0 Å². The molecule has 1 aliphatic rings. The summed E-state index contributed by atoms with van der Waals surface area (Å²) in [6.07, 6.45) is 0. The van der Waals surface area contributed by atoms with Crippen LogP contribution in [0.3, 0.4) is 0 Å². The molecule has 6 heteroatoms. The molecule has 2 aromatic carbocycles. The highest BCUT2D eigenvalue weighted by molar-refractivity contribution is 5.87. The number of ether oxygens (including phenoxy) is 1. The van der Waals surface area contributed by atoms with Gasteiger partial charge in [0.1, 0.15) is 18.9 Å². The number of hydrogen-bond acceptors (Lipinski definition) is 3. The molecule has 25 heavy (non-hydrogen) atoms. The number of halogens is 2. The van der Waals surface area contributed by atoms with Crippen LogP contribution in [0.5, 0.6) is 0 Å². The summed E-state index contributed by atoms with van der Waals surface area (Å²) in [5.41, 5.74) is 4.88. The Labute approximate surface area is 146 Å². The molecule has 2 aromatic rings. The molecule has 0 spiro atoms.